The Morgan fingerprint density at radius 1 is 0.603 bits per heavy atom. The number of imide groups is 2. The van der Waals surface area contributed by atoms with E-state index in [1.807, 2.05) is 92.7 Å². The van der Waals surface area contributed by atoms with Crippen molar-refractivity contribution in [3.8, 4) is 0 Å². The number of amides is 4. The van der Waals surface area contributed by atoms with Gasteiger partial charge in [-0.1, -0.05) is 104 Å². The van der Waals surface area contributed by atoms with Crippen molar-refractivity contribution < 1.29 is 52.8 Å². The normalized spacial score (nSPS) is 13.3. The van der Waals surface area contributed by atoms with Crippen LogP contribution in [0.4, 0.5) is 22.7 Å². The molecule has 0 bridgehead atoms. The van der Waals surface area contributed by atoms with E-state index in [9.17, 15) is 28.8 Å². The number of aliphatic hydroxyl groups is 1. The van der Waals surface area contributed by atoms with Crippen molar-refractivity contribution in [1.29, 1.82) is 0 Å². The molecule has 6 aromatic carbocycles. The summed E-state index contributed by atoms with van der Waals surface area (Å²) in [6, 6.07) is 37.0. The number of hydrogen-bond acceptors (Lipinski definition) is 13. The third-order valence-corrected chi connectivity index (χ3v) is 12.5. The second-order valence-electron chi connectivity index (χ2n) is 16.3. The molecule has 2 aliphatic rings. The number of carbonyl (C=O) groups excluding carboxylic acids is 6. The highest BCUT2D eigenvalue weighted by atomic mass is 79.9. The predicted octanol–water partition coefficient (Wildman–Crippen LogP) is 9.84. The fourth-order valence-electron chi connectivity index (χ4n) is 7.24. The summed E-state index contributed by atoms with van der Waals surface area (Å²) >= 11 is 19.9. The zero-order valence-corrected chi connectivity index (χ0v) is 44.3. The van der Waals surface area contributed by atoms with E-state index in [0.29, 0.717) is 38.9 Å². The van der Waals surface area contributed by atoms with Crippen LogP contribution in [0.5, 0.6) is 0 Å². The molecule has 2 fully saturated rings. The summed E-state index contributed by atoms with van der Waals surface area (Å²) < 4.78 is 22.5. The lowest BCUT2D eigenvalue weighted by molar-refractivity contribution is -0.159. The van der Waals surface area contributed by atoms with Gasteiger partial charge in [-0.2, -0.15) is 0 Å². The van der Waals surface area contributed by atoms with Gasteiger partial charge in [0, 0.05) is 65.1 Å². The van der Waals surface area contributed by atoms with Crippen LogP contribution in [0, 0.1) is 13.8 Å². The van der Waals surface area contributed by atoms with E-state index in [0.717, 1.165) is 58.8 Å². The smallest absolute Gasteiger partial charge is 0.255 e. The quantitative estimate of drug-likeness (QED) is 0.0383. The van der Waals surface area contributed by atoms with Crippen LogP contribution in [-0.4, -0.2) is 98.0 Å². The molecule has 0 atom stereocenters. The summed E-state index contributed by atoms with van der Waals surface area (Å²) in [5, 5.41) is 18.4. The monoisotopic (exact) mass is 1160 g/mol. The van der Waals surface area contributed by atoms with Crippen molar-refractivity contribution in [1.82, 2.24) is 10.2 Å². The summed E-state index contributed by atoms with van der Waals surface area (Å²) in [5.41, 5.74) is 8.91. The molecule has 2 saturated heterocycles. The molecular formula is C54H50Br2Cl2N4O11. The average molecular weight is 1160 g/mol. The maximum atomic E-state index is 13.0. The van der Waals surface area contributed by atoms with Crippen LogP contribution in [0.3, 0.4) is 0 Å². The van der Waals surface area contributed by atoms with Crippen LogP contribution in [-0.2, 0) is 51.3 Å². The topological polar surface area (TPSA) is 199 Å². The van der Waals surface area contributed by atoms with Gasteiger partial charge < -0.3 is 34.7 Å². The van der Waals surface area contributed by atoms with Crippen molar-refractivity contribution >= 4 is 113 Å². The highest BCUT2D eigenvalue weighted by molar-refractivity contribution is 9.10. The van der Waals surface area contributed by atoms with Gasteiger partial charge in [0.2, 0.25) is 0 Å². The van der Waals surface area contributed by atoms with E-state index in [4.69, 9.17) is 42.5 Å². The number of ether oxygens (including phenoxy) is 4. The molecule has 19 heteroatoms. The summed E-state index contributed by atoms with van der Waals surface area (Å²) in [4.78, 5) is 71.1. The first-order chi connectivity index (χ1) is 35.1. The second kappa shape index (κ2) is 27.8. The summed E-state index contributed by atoms with van der Waals surface area (Å²) in [6.45, 7) is 4.86. The molecule has 2 aliphatic heterocycles. The van der Waals surface area contributed by atoms with Crippen molar-refractivity contribution in [3.63, 3.8) is 0 Å². The number of ketones is 2. The molecule has 0 spiro atoms. The molecular weight excluding hydrogens is 1110 g/mol. The van der Waals surface area contributed by atoms with E-state index in [-0.39, 0.29) is 94.6 Å². The first-order valence-corrected chi connectivity index (χ1v) is 24.9. The predicted molar refractivity (Wildman–Crippen MR) is 285 cm³/mol. The average Bonchev–Trinajstić information content (AvgIpc) is 3.35. The number of aryl methyl sites for hydroxylation is 2. The van der Waals surface area contributed by atoms with E-state index < -0.39 is 0 Å². The number of aliphatic hydroxyl groups excluding tert-OH is 1. The minimum atomic E-state index is -0.360. The number of hydrogen-bond donors (Lipinski definition) is 4. The summed E-state index contributed by atoms with van der Waals surface area (Å²) in [7, 11) is 0. The Balaban J connectivity index is 0.000000210. The Labute approximate surface area is 448 Å². The number of rotatable bonds is 17. The van der Waals surface area contributed by atoms with Crippen molar-refractivity contribution in [2.45, 2.75) is 27.1 Å². The van der Waals surface area contributed by atoms with Crippen LogP contribution in [0.1, 0.15) is 54.1 Å². The molecule has 15 nitrogen and oxygen atoms in total. The van der Waals surface area contributed by atoms with Crippen LogP contribution in [0.15, 0.2) is 130 Å². The maximum absolute atomic E-state index is 13.0. The summed E-state index contributed by atoms with van der Waals surface area (Å²) in [5.74, 6) is -1.66. The van der Waals surface area contributed by atoms with Gasteiger partial charge in [0.15, 0.2) is 11.6 Å². The van der Waals surface area contributed by atoms with Crippen LogP contribution in [0.25, 0.3) is 0 Å². The number of carbonyl (C=O) groups is 6. The minimum absolute atomic E-state index is 0.00569. The Bertz CT molecular complexity index is 2960. The summed E-state index contributed by atoms with van der Waals surface area (Å²) in [6.07, 6.45) is 0. The highest BCUT2D eigenvalue weighted by Crippen LogP contribution is 2.31. The minimum Gasteiger partial charge on any atom is -0.394 e. The molecule has 0 radical (unpaired) electrons. The Hall–Kier alpha value is -6.12. The largest absolute Gasteiger partial charge is 0.394 e. The molecule has 2 heterocycles. The number of nitrogens with zero attached hydrogens (tertiary/aromatic N) is 1. The first kappa shape index (κ1) is 56.2. The molecule has 6 aromatic rings. The van der Waals surface area contributed by atoms with E-state index in [2.05, 4.69) is 52.5 Å². The molecule has 0 aliphatic carbocycles. The molecule has 4 amide bonds. The zero-order valence-electron chi connectivity index (χ0n) is 39.6. The van der Waals surface area contributed by atoms with Gasteiger partial charge in [0.25, 0.3) is 23.6 Å². The molecule has 0 saturated carbocycles. The molecule has 8 rings (SSSR count). The number of morpholine rings is 2. The molecule has 4 N–H and O–H groups in total. The number of anilines is 4. The highest BCUT2D eigenvalue weighted by Gasteiger charge is 2.26. The van der Waals surface area contributed by atoms with E-state index in [1.54, 1.807) is 42.5 Å². The first-order valence-electron chi connectivity index (χ1n) is 22.6. The van der Waals surface area contributed by atoms with Crippen molar-refractivity contribution in [2.75, 3.05) is 63.4 Å². The van der Waals surface area contributed by atoms with Crippen LogP contribution >= 0.6 is 55.1 Å². The van der Waals surface area contributed by atoms with Crippen LogP contribution in [0.2, 0.25) is 10.0 Å². The van der Waals surface area contributed by atoms with Crippen molar-refractivity contribution in [3.05, 3.63) is 185 Å². The van der Waals surface area contributed by atoms with Crippen molar-refractivity contribution in [2.24, 2.45) is 0 Å². The van der Waals surface area contributed by atoms with E-state index >= 15 is 0 Å². The molecule has 73 heavy (non-hydrogen) atoms. The lowest BCUT2D eigenvalue weighted by Gasteiger charge is -2.24. The number of halogens is 4. The Kier molecular flexibility index (Phi) is 21.4. The maximum Gasteiger partial charge on any atom is 0.255 e. The van der Waals surface area contributed by atoms with Crippen LogP contribution < -0.4 is 16.0 Å². The van der Waals surface area contributed by atoms with Gasteiger partial charge in [-0.3, -0.25) is 39.0 Å². The van der Waals surface area contributed by atoms with E-state index in [1.165, 1.54) is 0 Å². The van der Waals surface area contributed by atoms with Gasteiger partial charge >= 0.3 is 0 Å². The van der Waals surface area contributed by atoms with Gasteiger partial charge in [-0.15, -0.1) is 0 Å². The third-order valence-electron chi connectivity index (χ3n) is 10.9. The second-order valence-corrected chi connectivity index (χ2v) is 18.9. The van der Waals surface area contributed by atoms with Gasteiger partial charge in [0.05, 0.1) is 49.6 Å². The number of benzene rings is 6. The lowest BCUT2D eigenvalue weighted by atomic mass is 9.99. The van der Waals surface area contributed by atoms with Gasteiger partial charge in [0.1, 0.15) is 26.4 Å². The fourth-order valence-corrected chi connectivity index (χ4v) is 8.59. The standard InChI is InChI=1S/C27H24BrClN2O5.C23H21BrClNO3.C4H5NO3/c1-17-4-2-3-5-21(17)27(34)22-8-7-20(13-23(22)29)30-24-9-6-19(28)12-18(24)14-35-11-10-31-25(32)15-36-16-26(31)33;1-15-4-2-3-5-19(15)23(28)20-8-7-18(13-21(20)25)26-22-9-6-17(24)12-16(22)14-29-11-10-27;6-3-1-8-2-4(7)5-3/h2-9,12-13,30H,10-11,14-16H2,1H3;2-9,12-13,26-27H,10-11,14H2,1H3;1-2H2,(H,5,6,7). The SMILES string of the molecule is Cc1ccccc1C(=O)c1ccc(Nc2ccc(Br)cc2COCCN2C(=O)COCC2=O)cc1Cl.Cc1ccccc1C(=O)c1ccc(Nc2ccc(Br)cc2COCCO)cc1Cl.O=C1COCC(=O)N1. The molecule has 380 valence electrons. The van der Waals surface area contributed by atoms with Gasteiger partial charge in [-0.25, -0.2) is 0 Å². The third kappa shape index (κ3) is 16.4. The Morgan fingerprint density at radius 3 is 1.45 bits per heavy atom. The number of nitrogens with one attached hydrogen (secondary N) is 3. The molecule has 0 unspecified atom stereocenters. The fraction of sp³-hybridized carbons (Fsp3) is 0.222. The molecule has 0 aromatic heterocycles. The van der Waals surface area contributed by atoms with Gasteiger partial charge in [-0.05, 0) is 97.8 Å². The Morgan fingerprint density at radius 2 is 1.04 bits per heavy atom. The lowest BCUT2D eigenvalue weighted by Crippen LogP contribution is -2.47. The zero-order chi connectivity index (χ0) is 52.4.